The smallest absolute Gasteiger partial charge is 0.118 e. The molecule has 3 rings (SSSR count). The molecule has 1 aliphatic heterocycles. The Hall–Kier alpha value is -1.65. The Labute approximate surface area is 142 Å². The second-order valence-corrected chi connectivity index (χ2v) is 7.42. The number of benzene rings is 2. The minimum atomic E-state index is -0.338. The SMILES string of the molecule is COc1ccc(C2CCCC(N)(c3ccc(OC)cc3)S2)cc1. The number of nitrogens with two attached hydrogens (primary N) is 1. The van der Waals surface area contributed by atoms with Gasteiger partial charge in [0.1, 0.15) is 11.5 Å². The second-order valence-electron chi connectivity index (χ2n) is 5.89. The molecular weight excluding hydrogens is 306 g/mol. The summed E-state index contributed by atoms with van der Waals surface area (Å²) in [5.74, 6) is 1.76. The van der Waals surface area contributed by atoms with Crippen LogP contribution in [0.5, 0.6) is 11.5 Å². The van der Waals surface area contributed by atoms with Gasteiger partial charge in [-0.3, -0.25) is 0 Å². The molecule has 2 unspecified atom stereocenters. The van der Waals surface area contributed by atoms with Crippen molar-refractivity contribution in [2.24, 2.45) is 5.73 Å². The zero-order valence-electron chi connectivity index (χ0n) is 13.6. The molecule has 0 radical (unpaired) electrons. The van der Waals surface area contributed by atoms with Crippen molar-refractivity contribution < 1.29 is 9.47 Å². The standard InChI is InChI=1S/C19H23NO2S/c1-21-16-9-5-14(6-10-16)18-4-3-13-19(20,23-18)15-7-11-17(22-2)12-8-15/h5-12,18H,3-4,13,20H2,1-2H3. The zero-order valence-corrected chi connectivity index (χ0v) is 14.4. The maximum Gasteiger partial charge on any atom is 0.118 e. The van der Waals surface area contributed by atoms with Crippen molar-refractivity contribution in [1.29, 1.82) is 0 Å². The van der Waals surface area contributed by atoms with Gasteiger partial charge in [0.05, 0.1) is 19.1 Å². The van der Waals surface area contributed by atoms with E-state index in [9.17, 15) is 0 Å². The van der Waals surface area contributed by atoms with Gasteiger partial charge in [0.2, 0.25) is 0 Å². The van der Waals surface area contributed by atoms with Gasteiger partial charge in [-0.1, -0.05) is 24.3 Å². The van der Waals surface area contributed by atoms with Crippen molar-refractivity contribution in [1.82, 2.24) is 0 Å². The van der Waals surface area contributed by atoms with E-state index in [4.69, 9.17) is 15.2 Å². The van der Waals surface area contributed by atoms with Crippen molar-refractivity contribution >= 4 is 11.8 Å². The van der Waals surface area contributed by atoms with Crippen LogP contribution in [0.3, 0.4) is 0 Å². The van der Waals surface area contributed by atoms with Crippen LogP contribution in [-0.4, -0.2) is 14.2 Å². The molecule has 1 fully saturated rings. The molecular formula is C19H23NO2S. The third-order valence-corrected chi connectivity index (χ3v) is 6.09. The lowest BCUT2D eigenvalue weighted by molar-refractivity contribution is 0.414. The first-order chi connectivity index (χ1) is 11.1. The van der Waals surface area contributed by atoms with Gasteiger partial charge < -0.3 is 15.2 Å². The van der Waals surface area contributed by atoms with Gasteiger partial charge in [-0.15, -0.1) is 11.8 Å². The van der Waals surface area contributed by atoms with E-state index in [0.717, 1.165) is 30.8 Å². The maximum atomic E-state index is 6.75. The molecule has 0 amide bonds. The van der Waals surface area contributed by atoms with Crippen molar-refractivity contribution in [3.63, 3.8) is 0 Å². The van der Waals surface area contributed by atoms with Crippen molar-refractivity contribution in [2.45, 2.75) is 29.4 Å². The van der Waals surface area contributed by atoms with Crippen LogP contribution in [0.25, 0.3) is 0 Å². The number of thioether (sulfide) groups is 1. The average molecular weight is 329 g/mol. The minimum absolute atomic E-state index is 0.338. The van der Waals surface area contributed by atoms with Gasteiger partial charge in [0.25, 0.3) is 0 Å². The Morgan fingerprint density at radius 1 is 0.957 bits per heavy atom. The van der Waals surface area contributed by atoms with E-state index < -0.39 is 0 Å². The topological polar surface area (TPSA) is 44.5 Å². The average Bonchev–Trinajstić information content (AvgIpc) is 2.62. The van der Waals surface area contributed by atoms with Gasteiger partial charge in [-0.2, -0.15) is 0 Å². The molecule has 2 atom stereocenters. The highest BCUT2D eigenvalue weighted by molar-refractivity contribution is 8.00. The van der Waals surface area contributed by atoms with E-state index in [-0.39, 0.29) is 4.87 Å². The van der Waals surface area contributed by atoms with E-state index in [2.05, 4.69) is 24.3 Å². The first-order valence-corrected chi connectivity index (χ1v) is 8.78. The Kier molecular flexibility index (Phi) is 4.83. The molecule has 0 spiro atoms. The molecule has 1 saturated heterocycles. The number of methoxy groups -OCH3 is 2. The molecule has 0 aliphatic carbocycles. The summed E-state index contributed by atoms with van der Waals surface area (Å²) in [4.78, 5) is -0.338. The van der Waals surface area contributed by atoms with Gasteiger partial charge >= 0.3 is 0 Å². The monoisotopic (exact) mass is 329 g/mol. The fraction of sp³-hybridized carbons (Fsp3) is 0.368. The highest BCUT2D eigenvalue weighted by Crippen LogP contribution is 2.51. The van der Waals surface area contributed by atoms with Crippen LogP contribution in [0.15, 0.2) is 48.5 Å². The Balaban J connectivity index is 1.80. The number of rotatable bonds is 4. The van der Waals surface area contributed by atoms with Crippen LogP contribution in [0.2, 0.25) is 0 Å². The molecule has 2 aromatic carbocycles. The first-order valence-electron chi connectivity index (χ1n) is 7.90. The lowest BCUT2D eigenvalue weighted by Gasteiger charge is -2.38. The summed E-state index contributed by atoms with van der Waals surface area (Å²) in [6.45, 7) is 0. The Morgan fingerprint density at radius 2 is 1.52 bits per heavy atom. The molecule has 4 heteroatoms. The number of hydrogen-bond acceptors (Lipinski definition) is 4. The van der Waals surface area contributed by atoms with Crippen LogP contribution < -0.4 is 15.2 Å². The maximum absolute atomic E-state index is 6.75. The normalized spacial score (nSPS) is 24.2. The highest BCUT2D eigenvalue weighted by Gasteiger charge is 2.35. The third kappa shape index (κ3) is 3.48. The highest BCUT2D eigenvalue weighted by atomic mass is 32.2. The van der Waals surface area contributed by atoms with Crippen molar-refractivity contribution in [3.8, 4) is 11.5 Å². The van der Waals surface area contributed by atoms with E-state index >= 15 is 0 Å². The van der Waals surface area contributed by atoms with Crippen LogP contribution in [0.1, 0.15) is 35.6 Å². The molecule has 1 heterocycles. The molecule has 122 valence electrons. The minimum Gasteiger partial charge on any atom is -0.497 e. The number of hydrogen-bond donors (Lipinski definition) is 1. The molecule has 23 heavy (non-hydrogen) atoms. The molecule has 0 bridgehead atoms. The molecule has 2 aromatic rings. The molecule has 0 saturated carbocycles. The van der Waals surface area contributed by atoms with Crippen LogP contribution in [-0.2, 0) is 4.87 Å². The Bertz CT molecular complexity index is 641. The lowest BCUT2D eigenvalue weighted by atomic mass is 9.97. The summed E-state index contributed by atoms with van der Waals surface area (Å²) in [7, 11) is 3.38. The lowest BCUT2D eigenvalue weighted by Crippen LogP contribution is -2.36. The quantitative estimate of drug-likeness (QED) is 0.898. The molecule has 2 N–H and O–H groups in total. The van der Waals surface area contributed by atoms with Gasteiger partial charge in [-0.25, -0.2) is 0 Å². The third-order valence-electron chi connectivity index (χ3n) is 4.43. The van der Waals surface area contributed by atoms with Gasteiger partial charge in [-0.05, 0) is 54.7 Å². The van der Waals surface area contributed by atoms with E-state index in [1.54, 1.807) is 14.2 Å². The molecule has 1 aliphatic rings. The van der Waals surface area contributed by atoms with Crippen molar-refractivity contribution in [2.75, 3.05) is 14.2 Å². The largest absolute Gasteiger partial charge is 0.497 e. The molecule has 3 nitrogen and oxygen atoms in total. The fourth-order valence-electron chi connectivity index (χ4n) is 3.06. The second kappa shape index (κ2) is 6.85. The van der Waals surface area contributed by atoms with Crippen molar-refractivity contribution in [3.05, 3.63) is 59.7 Å². The summed E-state index contributed by atoms with van der Waals surface area (Å²) in [6.07, 6.45) is 3.29. The summed E-state index contributed by atoms with van der Waals surface area (Å²) in [5, 5.41) is 0.418. The van der Waals surface area contributed by atoms with Crippen LogP contribution >= 0.6 is 11.8 Å². The zero-order chi connectivity index (χ0) is 16.3. The first kappa shape index (κ1) is 16.2. The van der Waals surface area contributed by atoms with Gasteiger partial charge in [0.15, 0.2) is 0 Å². The Morgan fingerprint density at radius 3 is 2.09 bits per heavy atom. The summed E-state index contributed by atoms with van der Waals surface area (Å²) < 4.78 is 10.5. The predicted octanol–water partition coefficient (Wildman–Crippen LogP) is 4.47. The van der Waals surface area contributed by atoms with Gasteiger partial charge in [0, 0.05) is 5.25 Å². The fourth-order valence-corrected chi connectivity index (χ4v) is 4.68. The summed E-state index contributed by atoms with van der Waals surface area (Å²) in [6, 6.07) is 16.5. The summed E-state index contributed by atoms with van der Waals surface area (Å²) >= 11 is 1.86. The van der Waals surface area contributed by atoms with E-state index in [0.29, 0.717) is 5.25 Å². The number of ether oxygens (including phenoxy) is 2. The van der Waals surface area contributed by atoms with Crippen LogP contribution in [0, 0.1) is 0 Å². The van der Waals surface area contributed by atoms with Crippen LogP contribution in [0.4, 0.5) is 0 Å². The van der Waals surface area contributed by atoms with E-state index in [1.807, 2.05) is 36.0 Å². The van der Waals surface area contributed by atoms with E-state index in [1.165, 1.54) is 11.1 Å². The summed E-state index contributed by atoms with van der Waals surface area (Å²) in [5.41, 5.74) is 9.24. The predicted molar refractivity (Wildman–Crippen MR) is 96.0 cm³/mol. The molecule has 0 aromatic heterocycles.